The fourth-order valence-electron chi connectivity index (χ4n) is 4.43. The number of hydrogen-bond donors (Lipinski definition) is 1. The van der Waals surface area contributed by atoms with Gasteiger partial charge in [0.1, 0.15) is 5.75 Å². The maximum Gasteiger partial charge on any atom is 0.227 e. The molecular formula is C26H27N3O3. The Morgan fingerprint density at radius 2 is 1.97 bits per heavy atom. The number of nitrogens with zero attached hydrogens (tertiary/aromatic N) is 2. The van der Waals surface area contributed by atoms with Gasteiger partial charge in [-0.05, 0) is 47.7 Å². The largest absolute Gasteiger partial charge is 0.497 e. The molecule has 1 aliphatic heterocycles. The third-order valence-electron chi connectivity index (χ3n) is 6.24. The van der Waals surface area contributed by atoms with Crippen LogP contribution in [-0.2, 0) is 22.4 Å². The van der Waals surface area contributed by atoms with Crippen molar-refractivity contribution in [3.8, 4) is 16.9 Å². The summed E-state index contributed by atoms with van der Waals surface area (Å²) in [5, 5.41) is 0. The normalized spacial score (nSPS) is 17.8. The highest BCUT2D eigenvalue weighted by Gasteiger charge is 2.45. The number of aromatic nitrogens is 1. The van der Waals surface area contributed by atoms with E-state index in [1.807, 2.05) is 66.9 Å². The zero-order valence-electron chi connectivity index (χ0n) is 18.2. The molecule has 32 heavy (non-hydrogen) atoms. The number of methoxy groups -OCH3 is 1. The van der Waals surface area contributed by atoms with Gasteiger partial charge in [-0.2, -0.15) is 0 Å². The maximum atomic E-state index is 13.0. The third-order valence-corrected chi connectivity index (χ3v) is 6.24. The van der Waals surface area contributed by atoms with E-state index >= 15 is 0 Å². The fraction of sp³-hybridized carbons (Fsp3) is 0.269. The van der Waals surface area contributed by atoms with Crippen molar-refractivity contribution < 1.29 is 14.3 Å². The van der Waals surface area contributed by atoms with Crippen LogP contribution in [0.4, 0.5) is 0 Å². The van der Waals surface area contributed by atoms with Crippen molar-refractivity contribution in [2.45, 2.75) is 19.3 Å². The number of rotatable bonds is 7. The molecule has 1 unspecified atom stereocenters. The lowest BCUT2D eigenvalue weighted by molar-refractivity contribution is -0.131. The van der Waals surface area contributed by atoms with Gasteiger partial charge in [0.15, 0.2) is 0 Å². The number of hydrogen-bond acceptors (Lipinski definition) is 4. The highest BCUT2D eigenvalue weighted by molar-refractivity contribution is 5.85. The van der Waals surface area contributed by atoms with Crippen molar-refractivity contribution in [2.24, 2.45) is 11.1 Å². The van der Waals surface area contributed by atoms with Gasteiger partial charge in [-0.1, -0.05) is 42.5 Å². The number of carbonyl (C=O) groups excluding carboxylic acids is 2. The molecule has 1 aromatic heterocycles. The maximum absolute atomic E-state index is 13.0. The predicted octanol–water partition coefficient (Wildman–Crippen LogP) is 3.25. The Balaban J connectivity index is 1.54. The quantitative estimate of drug-likeness (QED) is 0.625. The standard InChI is InChI=1S/C26H27N3O3/c1-32-22-9-4-6-19(14-22)15-24(30)29-13-11-26(18-29,25(27)31)16-20-7-2-3-10-23(20)21-8-5-12-28-17-21/h2-10,12,14,17H,11,13,15-16,18H2,1H3,(H2,27,31). The summed E-state index contributed by atoms with van der Waals surface area (Å²) in [4.78, 5) is 31.6. The van der Waals surface area contributed by atoms with Crippen LogP contribution in [0.5, 0.6) is 5.75 Å². The first kappa shape index (κ1) is 21.6. The van der Waals surface area contributed by atoms with Crippen LogP contribution < -0.4 is 10.5 Å². The van der Waals surface area contributed by atoms with E-state index in [0.717, 1.165) is 28.0 Å². The van der Waals surface area contributed by atoms with E-state index in [4.69, 9.17) is 10.5 Å². The lowest BCUT2D eigenvalue weighted by Gasteiger charge is -2.27. The Morgan fingerprint density at radius 3 is 2.72 bits per heavy atom. The molecule has 164 valence electrons. The molecule has 6 nitrogen and oxygen atoms in total. The topological polar surface area (TPSA) is 85.5 Å². The van der Waals surface area contributed by atoms with E-state index in [2.05, 4.69) is 4.98 Å². The Bertz CT molecular complexity index is 1120. The summed E-state index contributed by atoms with van der Waals surface area (Å²) in [6.07, 6.45) is 4.84. The van der Waals surface area contributed by atoms with Crippen LogP contribution in [0, 0.1) is 5.41 Å². The monoisotopic (exact) mass is 429 g/mol. The summed E-state index contributed by atoms with van der Waals surface area (Å²) in [6, 6.07) is 19.4. The van der Waals surface area contributed by atoms with Crippen molar-refractivity contribution in [1.29, 1.82) is 0 Å². The van der Waals surface area contributed by atoms with Crippen molar-refractivity contribution >= 4 is 11.8 Å². The van der Waals surface area contributed by atoms with E-state index < -0.39 is 5.41 Å². The summed E-state index contributed by atoms with van der Waals surface area (Å²) in [5.41, 5.74) is 9.06. The number of likely N-dealkylation sites (tertiary alicyclic amines) is 1. The highest BCUT2D eigenvalue weighted by atomic mass is 16.5. The van der Waals surface area contributed by atoms with Crippen LogP contribution in [0.25, 0.3) is 11.1 Å². The molecule has 1 fully saturated rings. The van der Waals surface area contributed by atoms with E-state index in [-0.39, 0.29) is 18.2 Å². The van der Waals surface area contributed by atoms with Crippen LogP contribution in [-0.4, -0.2) is 41.9 Å². The Morgan fingerprint density at radius 1 is 1.12 bits per heavy atom. The number of primary amides is 1. The molecule has 6 heteroatoms. The molecular weight excluding hydrogens is 402 g/mol. The number of amides is 2. The Hall–Kier alpha value is -3.67. The van der Waals surface area contributed by atoms with E-state index in [9.17, 15) is 9.59 Å². The predicted molar refractivity (Wildman–Crippen MR) is 123 cm³/mol. The lowest BCUT2D eigenvalue weighted by atomic mass is 9.78. The molecule has 0 bridgehead atoms. The van der Waals surface area contributed by atoms with Crippen LogP contribution in [0.2, 0.25) is 0 Å². The fourth-order valence-corrected chi connectivity index (χ4v) is 4.43. The first-order valence-electron chi connectivity index (χ1n) is 10.7. The summed E-state index contributed by atoms with van der Waals surface area (Å²) >= 11 is 0. The average molecular weight is 430 g/mol. The van der Waals surface area contributed by atoms with Crippen LogP contribution in [0.15, 0.2) is 73.1 Å². The molecule has 1 aliphatic rings. The van der Waals surface area contributed by atoms with Gasteiger partial charge in [0.2, 0.25) is 11.8 Å². The zero-order valence-corrected chi connectivity index (χ0v) is 18.2. The summed E-state index contributed by atoms with van der Waals surface area (Å²) in [6.45, 7) is 0.841. The van der Waals surface area contributed by atoms with Gasteiger partial charge in [-0.15, -0.1) is 0 Å². The molecule has 2 aromatic carbocycles. The second kappa shape index (κ2) is 9.22. The van der Waals surface area contributed by atoms with Crippen molar-refractivity contribution in [2.75, 3.05) is 20.2 Å². The van der Waals surface area contributed by atoms with Crippen LogP contribution in [0.1, 0.15) is 17.5 Å². The Labute approximate surface area is 188 Å². The number of pyridine rings is 1. The van der Waals surface area contributed by atoms with Crippen molar-refractivity contribution in [3.05, 3.63) is 84.2 Å². The van der Waals surface area contributed by atoms with E-state index in [0.29, 0.717) is 25.9 Å². The third kappa shape index (κ3) is 4.49. The molecule has 2 amide bonds. The van der Waals surface area contributed by atoms with Gasteiger partial charge in [0.05, 0.1) is 18.9 Å². The zero-order chi connectivity index (χ0) is 22.6. The second-order valence-corrected chi connectivity index (χ2v) is 8.31. The minimum atomic E-state index is -0.789. The number of carbonyl (C=O) groups is 2. The smallest absolute Gasteiger partial charge is 0.227 e. The van der Waals surface area contributed by atoms with Gasteiger partial charge in [0, 0.05) is 31.0 Å². The molecule has 2 heterocycles. The average Bonchev–Trinajstić information content (AvgIpc) is 3.26. The first-order valence-corrected chi connectivity index (χ1v) is 10.7. The van der Waals surface area contributed by atoms with Crippen LogP contribution >= 0.6 is 0 Å². The van der Waals surface area contributed by atoms with Gasteiger partial charge < -0.3 is 15.4 Å². The van der Waals surface area contributed by atoms with Gasteiger partial charge in [-0.3, -0.25) is 14.6 Å². The molecule has 0 radical (unpaired) electrons. The number of ether oxygens (including phenoxy) is 1. The second-order valence-electron chi connectivity index (χ2n) is 8.31. The van der Waals surface area contributed by atoms with Crippen molar-refractivity contribution in [1.82, 2.24) is 9.88 Å². The molecule has 1 saturated heterocycles. The SMILES string of the molecule is COc1cccc(CC(=O)N2CCC(Cc3ccccc3-c3cccnc3)(C(N)=O)C2)c1. The minimum absolute atomic E-state index is 0.0121. The van der Waals surface area contributed by atoms with E-state index in [1.54, 1.807) is 18.2 Å². The minimum Gasteiger partial charge on any atom is -0.497 e. The molecule has 0 aliphatic carbocycles. The van der Waals surface area contributed by atoms with Gasteiger partial charge >= 0.3 is 0 Å². The molecule has 4 rings (SSSR count). The molecule has 2 N–H and O–H groups in total. The van der Waals surface area contributed by atoms with Gasteiger partial charge in [0.25, 0.3) is 0 Å². The van der Waals surface area contributed by atoms with Crippen molar-refractivity contribution in [3.63, 3.8) is 0 Å². The number of nitrogens with two attached hydrogens (primary N) is 1. The van der Waals surface area contributed by atoms with Gasteiger partial charge in [-0.25, -0.2) is 0 Å². The summed E-state index contributed by atoms with van der Waals surface area (Å²) in [7, 11) is 1.60. The first-order chi connectivity index (χ1) is 15.5. The molecule has 0 spiro atoms. The molecule has 0 saturated carbocycles. The molecule has 3 aromatic rings. The number of benzene rings is 2. The van der Waals surface area contributed by atoms with Crippen LogP contribution in [0.3, 0.4) is 0 Å². The highest BCUT2D eigenvalue weighted by Crippen LogP contribution is 2.37. The Kier molecular flexibility index (Phi) is 6.21. The summed E-state index contributed by atoms with van der Waals surface area (Å²) < 4.78 is 5.25. The van der Waals surface area contributed by atoms with E-state index in [1.165, 1.54) is 0 Å². The molecule has 1 atom stereocenters. The lowest BCUT2D eigenvalue weighted by Crippen LogP contribution is -2.42. The summed E-state index contributed by atoms with van der Waals surface area (Å²) in [5.74, 6) is 0.340.